The molecule has 3 saturated heterocycles. The average Bonchev–Trinajstić information content (AvgIpc) is 2.79. The summed E-state index contributed by atoms with van der Waals surface area (Å²) in [4.78, 5) is 34.3. The summed E-state index contributed by atoms with van der Waals surface area (Å²) < 4.78 is 13.7. The monoisotopic (exact) mass is 421 g/mol. The highest BCUT2D eigenvalue weighted by Gasteiger charge is 2.47. The normalized spacial score (nSPS) is 30.5. The summed E-state index contributed by atoms with van der Waals surface area (Å²) in [5, 5.41) is 0.233. The van der Waals surface area contributed by atoms with Gasteiger partial charge in [0.25, 0.3) is 5.91 Å². The van der Waals surface area contributed by atoms with Crippen molar-refractivity contribution in [2.45, 2.75) is 50.6 Å². The number of amides is 1. The molecule has 4 atom stereocenters. The van der Waals surface area contributed by atoms with Gasteiger partial charge >= 0.3 is 0 Å². The highest BCUT2D eigenvalue weighted by molar-refractivity contribution is 5.97. The largest absolute Gasteiger partial charge is 0.360 e. The van der Waals surface area contributed by atoms with Gasteiger partial charge in [0.15, 0.2) is 0 Å². The van der Waals surface area contributed by atoms with Gasteiger partial charge in [-0.25, -0.2) is 4.39 Å². The number of pyridine rings is 1. The molecule has 0 saturated carbocycles. The van der Waals surface area contributed by atoms with E-state index >= 15 is 0 Å². The van der Waals surface area contributed by atoms with Gasteiger partial charge in [0, 0.05) is 36.2 Å². The van der Waals surface area contributed by atoms with E-state index in [9.17, 15) is 14.0 Å². The number of benzene rings is 1. The fraction of sp³-hybridized carbons (Fsp3) is 0.520. The maximum absolute atomic E-state index is 13.7. The SMILES string of the molecule is O=C(c1c[nH]c2ccc(F)cc2c1=O)N1CCCC2=C[C@H]3C[C@@H](CN4CCCC[C@H]34)[C@H]21. The molecule has 1 aromatic heterocycles. The van der Waals surface area contributed by atoms with Crippen molar-refractivity contribution in [1.29, 1.82) is 0 Å². The van der Waals surface area contributed by atoms with Crippen LogP contribution in [0, 0.1) is 17.7 Å². The minimum atomic E-state index is -0.470. The number of aromatic amines is 1. The molecule has 0 unspecified atom stereocenters. The van der Waals surface area contributed by atoms with Crippen LogP contribution in [0.15, 0.2) is 40.8 Å². The van der Waals surface area contributed by atoms with Gasteiger partial charge in [-0.2, -0.15) is 0 Å². The Morgan fingerprint density at radius 2 is 2.06 bits per heavy atom. The predicted octanol–water partition coefficient (Wildman–Crippen LogP) is 3.70. The molecule has 2 aromatic rings. The standard InChI is InChI=1S/C25H28FN3O2/c26-18-6-7-21-19(12-18)24(30)20(13-27-21)25(31)29-9-3-4-15-10-16-11-17(23(15)29)14-28-8-2-1-5-22(16)28/h6-7,10,12-13,16-17,22-23H,1-5,8-9,11,14H2,(H,27,30)/t16-,17-,22+,23-/m0/s1. The van der Waals surface area contributed by atoms with Crippen LogP contribution in [0.4, 0.5) is 4.39 Å². The van der Waals surface area contributed by atoms with Crippen molar-refractivity contribution >= 4 is 16.8 Å². The molecule has 1 amide bonds. The summed E-state index contributed by atoms with van der Waals surface area (Å²) in [7, 11) is 0. The van der Waals surface area contributed by atoms with E-state index in [0.29, 0.717) is 29.9 Å². The number of carbonyl (C=O) groups is 1. The third kappa shape index (κ3) is 3.06. The fourth-order valence-corrected chi connectivity index (χ4v) is 6.71. The average molecular weight is 422 g/mol. The van der Waals surface area contributed by atoms with Gasteiger partial charge in [-0.05, 0) is 68.7 Å². The van der Waals surface area contributed by atoms with Crippen molar-refractivity contribution in [3.05, 3.63) is 57.6 Å². The molecule has 162 valence electrons. The molecule has 1 aromatic carbocycles. The van der Waals surface area contributed by atoms with Gasteiger partial charge in [0.1, 0.15) is 11.4 Å². The Kier molecular flexibility index (Phi) is 4.53. The molecule has 4 aliphatic rings. The number of hydrogen-bond acceptors (Lipinski definition) is 3. The van der Waals surface area contributed by atoms with Gasteiger partial charge < -0.3 is 9.88 Å². The van der Waals surface area contributed by atoms with Crippen molar-refractivity contribution < 1.29 is 9.18 Å². The van der Waals surface area contributed by atoms with E-state index in [-0.39, 0.29) is 28.3 Å². The van der Waals surface area contributed by atoms with Crippen LogP contribution in [0.1, 0.15) is 48.9 Å². The second-order valence-corrected chi connectivity index (χ2v) is 9.73. The highest BCUT2D eigenvalue weighted by Crippen LogP contribution is 2.45. The number of aromatic nitrogens is 1. The van der Waals surface area contributed by atoms with E-state index in [1.807, 2.05) is 4.90 Å². The Morgan fingerprint density at radius 1 is 1.16 bits per heavy atom. The zero-order valence-electron chi connectivity index (χ0n) is 17.6. The lowest BCUT2D eigenvalue weighted by atomic mass is 9.68. The lowest BCUT2D eigenvalue weighted by Crippen LogP contribution is -2.60. The first-order valence-electron chi connectivity index (χ1n) is 11.7. The Morgan fingerprint density at radius 3 is 2.97 bits per heavy atom. The van der Waals surface area contributed by atoms with Gasteiger partial charge in [-0.3, -0.25) is 14.5 Å². The molecule has 6 rings (SSSR count). The molecule has 4 heterocycles. The molecular formula is C25H28FN3O2. The molecular weight excluding hydrogens is 393 g/mol. The van der Waals surface area contributed by atoms with E-state index in [1.54, 1.807) is 6.07 Å². The third-order valence-electron chi connectivity index (χ3n) is 7.99. The molecule has 5 nitrogen and oxygen atoms in total. The van der Waals surface area contributed by atoms with Gasteiger partial charge in [0.2, 0.25) is 5.43 Å². The Bertz CT molecular complexity index is 1140. The summed E-state index contributed by atoms with van der Waals surface area (Å²) in [6.07, 6.45) is 11.0. The van der Waals surface area contributed by atoms with Crippen molar-refractivity contribution in [1.82, 2.24) is 14.8 Å². The molecule has 3 fully saturated rings. The first kappa shape index (κ1) is 19.2. The number of nitrogens with zero attached hydrogens (tertiary/aromatic N) is 2. The van der Waals surface area contributed by atoms with E-state index in [0.717, 1.165) is 32.4 Å². The molecule has 31 heavy (non-hydrogen) atoms. The van der Waals surface area contributed by atoms with E-state index in [4.69, 9.17) is 0 Å². The summed E-state index contributed by atoms with van der Waals surface area (Å²) in [5.74, 6) is 0.345. The molecule has 0 spiro atoms. The van der Waals surface area contributed by atoms with Crippen LogP contribution in [-0.4, -0.2) is 52.4 Å². The minimum Gasteiger partial charge on any atom is -0.360 e. The summed E-state index contributed by atoms with van der Waals surface area (Å²) in [6.45, 7) is 2.88. The summed E-state index contributed by atoms with van der Waals surface area (Å²) in [6, 6.07) is 4.83. The van der Waals surface area contributed by atoms with Crippen LogP contribution >= 0.6 is 0 Å². The number of H-pyrrole nitrogens is 1. The van der Waals surface area contributed by atoms with E-state index in [2.05, 4.69) is 16.0 Å². The zero-order chi connectivity index (χ0) is 21.1. The second-order valence-electron chi connectivity index (χ2n) is 9.73. The number of carbonyl (C=O) groups excluding carboxylic acids is 1. The lowest BCUT2D eigenvalue weighted by Gasteiger charge is -2.54. The molecule has 0 radical (unpaired) electrons. The quantitative estimate of drug-likeness (QED) is 0.715. The number of rotatable bonds is 1. The Hall–Kier alpha value is -2.47. The van der Waals surface area contributed by atoms with Crippen molar-refractivity contribution in [2.75, 3.05) is 19.6 Å². The van der Waals surface area contributed by atoms with Crippen molar-refractivity contribution in [3.8, 4) is 0 Å². The van der Waals surface area contributed by atoms with E-state index in [1.165, 1.54) is 43.2 Å². The number of fused-ring (bicyclic) bond motifs is 7. The zero-order valence-corrected chi connectivity index (χ0v) is 17.6. The Balaban J connectivity index is 1.37. The van der Waals surface area contributed by atoms with Crippen LogP contribution in [0.5, 0.6) is 0 Å². The van der Waals surface area contributed by atoms with Crippen LogP contribution in [0.25, 0.3) is 10.9 Å². The summed E-state index contributed by atoms with van der Waals surface area (Å²) in [5.41, 5.74) is 1.68. The number of nitrogens with one attached hydrogen (secondary N) is 1. The predicted molar refractivity (Wildman–Crippen MR) is 117 cm³/mol. The van der Waals surface area contributed by atoms with Crippen LogP contribution in [0.3, 0.4) is 0 Å². The number of piperidine rings is 3. The van der Waals surface area contributed by atoms with Crippen molar-refractivity contribution in [2.24, 2.45) is 11.8 Å². The molecule has 6 heteroatoms. The topological polar surface area (TPSA) is 56.4 Å². The number of hydrogen-bond donors (Lipinski definition) is 1. The van der Waals surface area contributed by atoms with Crippen molar-refractivity contribution in [3.63, 3.8) is 0 Å². The number of likely N-dealkylation sites (tertiary alicyclic amines) is 1. The first-order chi connectivity index (χ1) is 15.1. The minimum absolute atomic E-state index is 0.0861. The Labute approximate surface area is 180 Å². The smallest absolute Gasteiger partial charge is 0.259 e. The molecule has 1 N–H and O–H groups in total. The highest BCUT2D eigenvalue weighted by atomic mass is 19.1. The van der Waals surface area contributed by atoms with Gasteiger partial charge in [-0.15, -0.1) is 0 Å². The van der Waals surface area contributed by atoms with Gasteiger partial charge in [0.05, 0.1) is 6.04 Å². The number of halogens is 1. The van der Waals surface area contributed by atoms with E-state index < -0.39 is 5.82 Å². The molecule has 1 aliphatic carbocycles. The third-order valence-corrected chi connectivity index (χ3v) is 7.99. The molecule has 2 bridgehead atoms. The maximum Gasteiger partial charge on any atom is 0.259 e. The van der Waals surface area contributed by atoms with Crippen LogP contribution in [-0.2, 0) is 0 Å². The lowest BCUT2D eigenvalue weighted by molar-refractivity contribution is 0.00143. The fourth-order valence-electron chi connectivity index (χ4n) is 6.71. The summed E-state index contributed by atoms with van der Waals surface area (Å²) >= 11 is 0. The first-order valence-corrected chi connectivity index (χ1v) is 11.7. The van der Waals surface area contributed by atoms with Gasteiger partial charge in [-0.1, -0.05) is 18.1 Å². The second kappa shape index (κ2) is 7.30. The maximum atomic E-state index is 13.7. The van der Waals surface area contributed by atoms with Crippen LogP contribution in [0.2, 0.25) is 0 Å². The molecule has 3 aliphatic heterocycles. The van der Waals surface area contributed by atoms with Crippen LogP contribution < -0.4 is 5.43 Å².